The summed E-state index contributed by atoms with van der Waals surface area (Å²) in [6.45, 7) is 4.08. The highest BCUT2D eigenvalue weighted by Gasteiger charge is 2.13. The largest absolute Gasteiger partial charge is 0.376 e. The first-order chi connectivity index (χ1) is 6.24. The summed E-state index contributed by atoms with van der Waals surface area (Å²) in [6, 6.07) is 0. The standard InChI is InChI=1S/C11H18N2/c1-3-8-13-11(12)10-6-4-9(2)5-7-10/h3-6,8,10-11,13H,7,12H2,1-2H3/b8-3-. The van der Waals surface area contributed by atoms with Crippen LogP contribution in [-0.2, 0) is 0 Å². The van der Waals surface area contributed by atoms with E-state index in [4.69, 9.17) is 5.73 Å². The molecule has 0 fully saturated rings. The predicted molar refractivity (Wildman–Crippen MR) is 56.9 cm³/mol. The van der Waals surface area contributed by atoms with E-state index in [0.717, 1.165) is 6.42 Å². The third kappa shape index (κ3) is 3.07. The molecule has 0 aromatic rings. The van der Waals surface area contributed by atoms with Gasteiger partial charge in [-0.25, -0.2) is 0 Å². The van der Waals surface area contributed by atoms with Crippen molar-refractivity contribution in [3.05, 3.63) is 36.1 Å². The van der Waals surface area contributed by atoms with Gasteiger partial charge in [-0.3, -0.25) is 0 Å². The zero-order chi connectivity index (χ0) is 9.68. The number of hydrogen-bond acceptors (Lipinski definition) is 2. The normalized spacial score (nSPS) is 24.5. The first-order valence-corrected chi connectivity index (χ1v) is 4.72. The summed E-state index contributed by atoms with van der Waals surface area (Å²) in [4.78, 5) is 0. The Morgan fingerprint density at radius 2 is 2.46 bits per heavy atom. The van der Waals surface area contributed by atoms with Gasteiger partial charge >= 0.3 is 0 Å². The first-order valence-electron chi connectivity index (χ1n) is 4.72. The quantitative estimate of drug-likeness (QED) is 0.648. The number of rotatable bonds is 3. The highest BCUT2D eigenvalue weighted by molar-refractivity contribution is 5.22. The maximum Gasteiger partial charge on any atom is 0.0805 e. The van der Waals surface area contributed by atoms with Crippen LogP contribution < -0.4 is 11.1 Å². The maximum atomic E-state index is 5.94. The molecule has 0 bridgehead atoms. The average molecular weight is 178 g/mol. The minimum absolute atomic E-state index is 0.0248. The lowest BCUT2D eigenvalue weighted by Gasteiger charge is -2.22. The Kier molecular flexibility index (Phi) is 3.77. The molecule has 0 aromatic carbocycles. The Balaban J connectivity index is 2.42. The first kappa shape index (κ1) is 10.1. The maximum absolute atomic E-state index is 5.94. The summed E-state index contributed by atoms with van der Waals surface area (Å²) in [5.74, 6) is 0.417. The molecule has 1 aliphatic rings. The fraction of sp³-hybridized carbons (Fsp3) is 0.455. The molecule has 2 heteroatoms. The van der Waals surface area contributed by atoms with E-state index in [0.29, 0.717) is 5.92 Å². The zero-order valence-electron chi connectivity index (χ0n) is 8.33. The van der Waals surface area contributed by atoms with Crippen molar-refractivity contribution in [2.24, 2.45) is 11.7 Å². The molecule has 0 saturated carbocycles. The van der Waals surface area contributed by atoms with Crippen molar-refractivity contribution >= 4 is 0 Å². The van der Waals surface area contributed by atoms with Crippen molar-refractivity contribution in [3.8, 4) is 0 Å². The van der Waals surface area contributed by atoms with Crippen molar-refractivity contribution in [1.29, 1.82) is 0 Å². The van der Waals surface area contributed by atoms with Crippen LogP contribution in [0.1, 0.15) is 20.3 Å². The number of nitrogens with two attached hydrogens (primary N) is 1. The molecule has 2 nitrogen and oxygen atoms in total. The van der Waals surface area contributed by atoms with E-state index in [1.807, 2.05) is 19.2 Å². The molecule has 72 valence electrons. The van der Waals surface area contributed by atoms with Crippen LogP contribution in [0.5, 0.6) is 0 Å². The van der Waals surface area contributed by atoms with Crippen LogP contribution in [-0.4, -0.2) is 6.17 Å². The molecule has 1 aliphatic carbocycles. The van der Waals surface area contributed by atoms with Gasteiger partial charge in [0.15, 0.2) is 0 Å². The van der Waals surface area contributed by atoms with Crippen LogP contribution in [0.15, 0.2) is 36.1 Å². The summed E-state index contributed by atoms with van der Waals surface area (Å²) >= 11 is 0. The molecule has 0 saturated heterocycles. The topological polar surface area (TPSA) is 38.0 Å². The molecule has 0 radical (unpaired) electrons. The zero-order valence-corrected chi connectivity index (χ0v) is 8.33. The molecular weight excluding hydrogens is 160 g/mol. The van der Waals surface area contributed by atoms with Gasteiger partial charge in [0.1, 0.15) is 0 Å². The minimum Gasteiger partial charge on any atom is -0.376 e. The lowest BCUT2D eigenvalue weighted by Crippen LogP contribution is -2.40. The predicted octanol–water partition coefficient (Wildman–Crippen LogP) is 1.92. The van der Waals surface area contributed by atoms with E-state index >= 15 is 0 Å². The van der Waals surface area contributed by atoms with Crippen molar-refractivity contribution < 1.29 is 0 Å². The van der Waals surface area contributed by atoms with Gasteiger partial charge in [-0.1, -0.05) is 29.9 Å². The van der Waals surface area contributed by atoms with Gasteiger partial charge in [0.2, 0.25) is 0 Å². The Labute approximate surface area is 80.2 Å². The van der Waals surface area contributed by atoms with Crippen LogP contribution in [0.25, 0.3) is 0 Å². The van der Waals surface area contributed by atoms with Crippen LogP contribution in [0.3, 0.4) is 0 Å². The van der Waals surface area contributed by atoms with Crippen molar-refractivity contribution in [3.63, 3.8) is 0 Å². The second kappa shape index (κ2) is 4.87. The molecule has 0 aliphatic heterocycles. The van der Waals surface area contributed by atoms with E-state index in [1.165, 1.54) is 5.57 Å². The van der Waals surface area contributed by atoms with E-state index in [-0.39, 0.29) is 6.17 Å². The van der Waals surface area contributed by atoms with Gasteiger partial charge in [0.25, 0.3) is 0 Å². The van der Waals surface area contributed by atoms with Gasteiger partial charge < -0.3 is 11.1 Å². The van der Waals surface area contributed by atoms with E-state index in [1.54, 1.807) is 0 Å². The number of nitrogens with one attached hydrogen (secondary N) is 1. The number of hydrogen-bond donors (Lipinski definition) is 2. The average Bonchev–Trinajstić information content (AvgIpc) is 2.15. The third-order valence-corrected chi connectivity index (χ3v) is 2.23. The minimum atomic E-state index is 0.0248. The van der Waals surface area contributed by atoms with E-state index in [2.05, 4.69) is 30.5 Å². The van der Waals surface area contributed by atoms with Crippen LogP contribution in [0.2, 0.25) is 0 Å². The van der Waals surface area contributed by atoms with Gasteiger partial charge in [-0.15, -0.1) is 0 Å². The summed E-state index contributed by atoms with van der Waals surface area (Å²) in [6.07, 6.45) is 11.4. The SMILES string of the molecule is C/C=C\NC(N)C1C=CC(C)=CC1. The third-order valence-electron chi connectivity index (χ3n) is 2.23. The fourth-order valence-corrected chi connectivity index (χ4v) is 1.34. The second-order valence-corrected chi connectivity index (χ2v) is 3.40. The molecule has 1 rings (SSSR count). The summed E-state index contributed by atoms with van der Waals surface area (Å²) in [5, 5.41) is 3.13. The van der Waals surface area contributed by atoms with Gasteiger partial charge in [-0.2, -0.15) is 0 Å². The lowest BCUT2D eigenvalue weighted by atomic mass is 9.95. The van der Waals surface area contributed by atoms with Gasteiger partial charge in [-0.05, 0) is 26.5 Å². The molecule has 0 amide bonds. The van der Waals surface area contributed by atoms with E-state index in [9.17, 15) is 0 Å². The molecule has 0 heterocycles. The smallest absolute Gasteiger partial charge is 0.0805 e. The Morgan fingerprint density at radius 3 is 3.00 bits per heavy atom. The van der Waals surface area contributed by atoms with Gasteiger partial charge in [0.05, 0.1) is 6.17 Å². The summed E-state index contributed by atoms with van der Waals surface area (Å²) in [5.41, 5.74) is 7.27. The van der Waals surface area contributed by atoms with Crippen molar-refractivity contribution in [2.45, 2.75) is 26.4 Å². The Bertz CT molecular complexity index is 238. The highest BCUT2D eigenvalue weighted by Crippen LogP contribution is 2.17. The van der Waals surface area contributed by atoms with Crippen LogP contribution in [0, 0.1) is 5.92 Å². The molecule has 0 spiro atoms. The highest BCUT2D eigenvalue weighted by atomic mass is 15.0. The van der Waals surface area contributed by atoms with Crippen molar-refractivity contribution in [1.82, 2.24) is 5.32 Å². The monoisotopic (exact) mass is 178 g/mol. The van der Waals surface area contributed by atoms with E-state index < -0.39 is 0 Å². The fourth-order valence-electron chi connectivity index (χ4n) is 1.34. The molecular formula is C11H18N2. The second-order valence-electron chi connectivity index (χ2n) is 3.40. The molecule has 3 N–H and O–H groups in total. The van der Waals surface area contributed by atoms with Crippen molar-refractivity contribution in [2.75, 3.05) is 0 Å². The van der Waals surface area contributed by atoms with Gasteiger partial charge in [0, 0.05) is 5.92 Å². The summed E-state index contributed by atoms with van der Waals surface area (Å²) in [7, 11) is 0. The Morgan fingerprint density at radius 1 is 1.69 bits per heavy atom. The molecule has 0 aromatic heterocycles. The number of allylic oxidation sites excluding steroid dienone is 4. The molecule has 2 unspecified atom stereocenters. The lowest BCUT2D eigenvalue weighted by molar-refractivity contribution is 0.462. The molecule has 13 heavy (non-hydrogen) atoms. The Hall–Kier alpha value is -1.02. The van der Waals surface area contributed by atoms with Crippen LogP contribution >= 0.6 is 0 Å². The molecule has 2 atom stereocenters. The summed E-state index contributed by atoms with van der Waals surface area (Å²) < 4.78 is 0. The van der Waals surface area contributed by atoms with Crippen LogP contribution in [0.4, 0.5) is 0 Å².